The van der Waals surface area contributed by atoms with Crippen molar-refractivity contribution < 1.29 is 14.1 Å². The zero-order valence-corrected chi connectivity index (χ0v) is 18.4. The minimum Gasteiger partial charge on any atom is -0.359 e. The second-order valence-electron chi connectivity index (χ2n) is 9.07. The molecule has 3 amide bonds. The number of nitrogens with one attached hydrogen (secondary N) is 4. The lowest BCUT2D eigenvalue weighted by atomic mass is 9.91. The average molecular weight is 424 g/mol. The minimum atomic E-state index is -0.301. The maximum atomic E-state index is 12.5. The number of carbonyl (C=O) groups is 2. The van der Waals surface area contributed by atoms with Gasteiger partial charge in [0, 0.05) is 46.2 Å². The highest BCUT2D eigenvalue weighted by molar-refractivity contribution is 5.99. The van der Waals surface area contributed by atoms with Gasteiger partial charge in [0.25, 0.3) is 5.91 Å². The average Bonchev–Trinajstić information content (AvgIpc) is 3.32. The van der Waals surface area contributed by atoms with Crippen molar-refractivity contribution in [1.29, 1.82) is 0 Å². The number of rotatable bonds is 4. The summed E-state index contributed by atoms with van der Waals surface area (Å²) in [6, 6.07) is 7.16. The lowest BCUT2D eigenvalue weighted by Gasteiger charge is -2.23. The van der Waals surface area contributed by atoms with Gasteiger partial charge in [-0.1, -0.05) is 25.9 Å². The Morgan fingerprint density at radius 3 is 2.77 bits per heavy atom. The van der Waals surface area contributed by atoms with Crippen LogP contribution in [0.5, 0.6) is 0 Å². The van der Waals surface area contributed by atoms with Gasteiger partial charge < -0.3 is 20.1 Å². The van der Waals surface area contributed by atoms with E-state index < -0.39 is 0 Å². The van der Waals surface area contributed by atoms with Crippen LogP contribution in [0.3, 0.4) is 0 Å². The molecule has 1 aromatic carbocycles. The summed E-state index contributed by atoms with van der Waals surface area (Å²) in [5.41, 5.74) is 3.82. The molecule has 0 radical (unpaired) electrons. The zero-order chi connectivity index (χ0) is 22.2. The first-order chi connectivity index (χ1) is 14.7. The molecule has 8 nitrogen and oxygen atoms in total. The quantitative estimate of drug-likeness (QED) is 0.510. The number of nitrogens with zero attached hydrogens (tertiary/aromatic N) is 1. The summed E-state index contributed by atoms with van der Waals surface area (Å²) in [5.74, 6) is 1.04. The molecule has 2 heterocycles. The van der Waals surface area contributed by atoms with Crippen LogP contribution in [-0.4, -0.2) is 34.7 Å². The Balaban J connectivity index is 1.46. The molecular weight excluding hydrogens is 394 g/mol. The normalized spacial score (nSPS) is 16.1. The van der Waals surface area contributed by atoms with Gasteiger partial charge >= 0.3 is 6.03 Å². The lowest BCUT2D eigenvalue weighted by molar-refractivity contribution is 0.0956. The van der Waals surface area contributed by atoms with Crippen molar-refractivity contribution in [3.8, 4) is 0 Å². The lowest BCUT2D eigenvalue weighted by Crippen LogP contribution is -2.41. The van der Waals surface area contributed by atoms with E-state index in [4.69, 9.17) is 4.52 Å². The molecular formula is C23H29N5O3. The molecule has 0 saturated carbocycles. The minimum absolute atomic E-state index is 0.00591. The van der Waals surface area contributed by atoms with E-state index in [0.29, 0.717) is 30.1 Å². The standard InChI is InChI=1S/C23H29N5O3/c1-5-24-21(29)13-6-8-17-15(10-13)16-11-14(7-9-18(16)26-17)25-22(30)27-20-12-19(31-28-20)23(2,3)4/h6,8,10,12,14,26H,5,7,9,11H2,1-4H3,(H,24,29)(H2,25,27,28,30). The van der Waals surface area contributed by atoms with Crippen molar-refractivity contribution in [2.45, 2.75) is 58.4 Å². The fraction of sp³-hybridized carbons (Fsp3) is 0.435. The predicted octanol–water partition coefficient (Wildman–Crippen LogP) is 3.88. The van der Waals surface area contributed by atoms with Crippen molar-refractivity contribution in [2.75, 3.05) is 11.9 Å². The molecule has 4 rings (SSSR count). The van der Waals surface area contributed by atoms with Gasteiger partial charge in [-0.3, -0.25) is 10.1 Å². The summed E-state index contributed by atoms with van der Waals surface area (Å²) in [6.07, 6.45) is 2.37. The van der Waals surface area contributed by atoms with E-state index in [1.807, 2.05) is 45.9 Å². The summed E-state index contributed by atoms with van der Waals surface area (Å²) in [5, 5.41) is 13.6. The van der Waals surface area contributed by atoms with Crippen LogP contribution in [0.4, 0.5) is 10.6 Å². The van der Waals surface area contributed by atoms with Crippen molar-refractivity contribution in [3.63, 3.8) is 0 Å². The fourth-order valence-electron chi connectivity index (χ4n) is 3.97. The van der Waals surface area contributed by atoms with E-state index in [1.165, 1.54) is 5.69 Å². The van der Waals surface area contributed by atoms with E-state index in [9.17, 15) is 9.59 Å². The molecule has 1 atom stereocenters. The molecule has 3 aromatic rings. The van der Waals surface area contributed by atoms with Crippen LogP contribution in [0.15, 0.2) is 28.8 Å². The number of aromatic amines is 1. The van der Waals surface area contributed by atoms with E-state index in [-0.39, 0.29) is 23.4 Å². The summed E-state index contributed by atoms with van der Waals surface area (Å²) in [6.45, 7) is 8.56. The third-order valence-corrected chi connectivity index (χ3v) is 5.61. The molecule has 1 unspecified atom stereocenters. The number of hydrogen-bond acceptors (Lipinski definition) is 4. The van der Waals surface area contributed by atoms with Gasteiger partial charge in [0.2, 0.25) is 0 Å². The van der Waals surface area contributed by atoms with Crippen LogP contribution in [-0.2, 0) is 18.3 Å². The van der Waals surface area contributed by atoms with Crippen molar-refractivity contribution >= 4 is 28.7 Å². The van der Waals surface area contributed by atoms with Gasteiger partial charge in [-0.2, -0.15) is 0 Å². The number of hydrogen-bond donors (Lipinski definition) is 4. The van der Waals surface area contributed by atoms with Crippen molar-refractivity contribution in [3.05, 3.63) is 46.8 Å². The largest absolute Gasteiger partial charge is 0.359 e. The van der Waals surface area contributed by atoms with Gasteiger partial charge in [-0.15, -0.1) is 0 Å². The molecule has 164 valence electrons. The number of carbonyl (C=O) groups excluding carboxylic acids is 2. The van der Waals surface area contributed by atoms with Crippen LogP contribution >= 0.6 is 0 Å². The highest BCUT2D eigenvalue weighted by atomic mass is 16.5. The van der Waals surface area contributed by atoms with Crippen LogP contribution in [0.25, 0.3) is 10.9 Å². The van der Waals surface area contributed by atoms with Crippen LogP contribution in [0, 0.1) is 0 Å². The second kappa shape index (κ2) is 8.09. The van der Waals surface area contributed by atoms with E-state index >= 15 is 0 Å². The fourth-order valence-corrected chi connectivity index (χ4v) is 3.97. The molecule has 0 fully saturated rings. The molecule has 0 saturated heterocycles. The highest BCUT2D eigenvalue weighted by Gasteiger charge is 2.25. The number of fused-ring (bicyclic) bond motifs is 3. The van der Waals surface area contributed by atoms with Crippen molar-refractivity contribution in [1.82, 2.24) is 20.8 Å². The Morgan fingerprint density at radius 2 is 2.06 bits per heavy atom. The maximum Gasteiger partial charge on any atom is 0.320 e. The number of urea groups is 1. The third-order valence-electron chi connectivity index (χ3n) is 5.61. The highest BCUT2D eigenvalue weighted by Crippen LogP contribution is 2.30. The first-order valence-electron chi connectivity index (χ1n) is 10.7. The summed E-state index contributed by atoms with van der Waals surface area (Å²) in [4.78, 5) is 28.2. The molecule has 0 bridgehead atoms. The number of benzene rings is 1. The molecule has 1 aliphatic rings. The molecule has 8 heteroatoms. The number of H-pyrrole nitrogens is 1. The molecule has 2 aromatic heterocycles. The van der Waals surface area contributed by atoms with E-state index in [0.717, 1.165) is 29.3 Å². The molecule has 31 heavy (non-hydrogen) atoms. The van der Waals surface area contributed by atoms with Crippen LogP contribution in [0.2, 0.25) is 0 Å². The number of anilines is 1. The molecule has 0 spiro atoms. The second-order valence-corrected chi connectivity index (χ2v) is 9.07. The number of amides is 3. The monoisotopic (exact) mass is 423 g/mol. The summed E-state index contributed by atoms with van der Waals surface area (Å²) < 4.78 is 5.32. The topological polar surface area (TPSA) is 112 Å². The van der Waals surface area contributed by atoms with Gasteiger partial charge in [-0.25, -0.2) is 4.79 Å². The van der Waals surface area contributed by atoms with Gasteiger partial charge in [-0.05, 0) is 49.9 Å². The first-order valence-corrected chi connectivity index (χ1v) is 10.7. The smallest absolute Gasteiger partial charge is 0.320 e. The Hall–Kier alpha value is -3.29. The van der Waals surface area contributed by atoms with Gasteiger partial charge in [0.05, 0.1) is 0 Å². The Bertz CT molecular complexity index is 1120. The Kier molecular flexibility index (Phi) is 5.47. The maximum absolute atomic E-state index is 12.5. The molecule has 1 aliphatic carbocycles. The summed E-state index contributed by atoms with van der Waals surface area (Å²) in [7, 11) is 0. The number of aromatic nitrogens is 2. The summed E-state index contributed by atoms with van der Waals surface area (Å²) >= 11 is 0. The number of aryl methyl sites for hydroxylation is 1. The Morgan fingerprint density at radius 1 is 1.26 bits per heavy atom. The third kappa shape index (κ3) is 4.42. The van der Waals surface area contributed by atoms with E-state index in [1.54, 1.807) is 6.07 Å². The van der Waals surface area contributed by atoms with Gasteiger partial charge in [0.1, 0.15) is 5.76 Å². The first kappa shape index (κ1) is 21.0. The Labute approximate surface area is 181 Å². The van der Waals surface area contributed by atoms with Gasteiger partial charge in [0.15, 0.2) is 5.82 Å². The predicted molar refractivity (Wildman–Crippen MR) is 119 cm³/mol. The zero-order valence-electron chi connectivity index (χ0n) is 18.4. The van der Waals surface area contributed by atoms with Crippen LogP contribution in [0.1, 0.15) is 61.5 Å². The van der Waals surface area contributed by atoms with Crippen LogP contribution < -0.4 is 16.0 Å². The van der Waals surface area contributed by atoms with E-state index in [2.05, 4.69) is 26.1 Å². The van der Waals surface area contributed by atoms with Crippen molar-refractivity contribution in [2.24, 2.45) is 0 Å². The molecule has 4 N–H and O–H groups in total. The molecule has 0 aliphatic heterocycles. The SMILES string of the molecule is CCNC(=O)c1ccc2[nH]c3c(c2c1)CC(NC(=O)Nc1cc(C(C)(C)C)on1)CC3.